The van der Waals surface area contributed by atoms with E-state index in [0.29, 0.717) is 36.1 Å². The lowest BCUT2D eigenvalue weighted by atomic mass is 10.0. The number of ether oxygens (including phenoxy) is 1. The Labute approximate surface area is 142 Å². The van der Waals surface area contributed by atoms with Crippen molar-refractivity contribution >= 4 is 27.8 Å². The molecule has 1 aromatic rings. The monoisotopic (exact) mass is 387 g/mol. The number of carbonyl (C=O) groups excluding carboxylic acids is 1. The van der Waals surface area contributed by atoms with Gasteiger partial charge in [-0.2, -0.15) is 0 Å². The zero-order valence-corrected chi connectivity index (χ0v) is 14.2. The third-order valence-corrected chi connectivity index (χ3v) is 4.37. The van der Waals surface area contributed by atoms with E-state index >= 15 is 0 Å². The number of rotatable bonds is 6. The van der Waals surface area contributed by atoms with Crippen molar-refractivity contribution < 1.29 is 23.8 Å². The average molecular weight is 388 g/mol. The highest BCUT2D eigenvalue weighted by atomic mass is 79.9. The fourth-order valence-electron chi connectivity index (χ4n) is 2.67. The van der Waals surface area contributed by atoms with E-state index in [4.69, 9.17) is 9.84 Å². The van der Waals surface area contributed by atoms with E-state index in [1.54, 1.807) is 12.1 Å². The van der Waals surface area contributed by atoms with Gasteiger partial charge in [0.1, 0.15) is 12.4 Å². The predicted molar refractivity (Wildman–Crippen MR) is 85.6 cm³/mol. The van der Waals surface area contributed by atoms with Crippen LogP contribution >= 0.6 is 15.9 Å². The summed E-state index contributed by atoms with van der Waals surface area (Å²) in [5.74, 6) is -1.68. The number of carbonyl (C=O) groups is 2. The molecule has 126 valence electrons. The van der Waals surface area contributed by atoms with Crippen LogP contribution in [-0.2, 0) is 20.7 Å². The second kappa shape index (κ2) is 8.40. The van der Waals surface area contributed by atoms with Crippen molar-refractivity contribution in [3.8, 4) is 0 Å². The van der Waals surface area contributed by atoms with Crippen LogP contribution in [-0.4, -0.2) is 47.7 Å². The topological polar surface area (TPSA) is 66.8 Å². The Kier molecular flexibility index (Phi) is 6.53. The zero-order valence-electron chi connectivity index (χ0n) is 12.6. The van der Waals surface area contributed by atoms with E-state index in [1.807, 2.05) is 0 Å². The van der Waals surface area contributed by atoms with Crippen LogP contribution in [0.1, 0.15) is 24.8 Å². The van der Waals surface area contributed by atoms with Crippen LogP contribution in [0.4, 0.5) is 4.39 Å². The first-order valence-corrected chi connectivity index (χ1v) is 8.29. The van der Waals surface area contributed by atoms with E-state index in [-0.39, 0.29) is 37.2 Å². The maximum Gasteiger partial charge on any atom is 0.323 e. The third kappa shape index (κ3) is 5.28. The van der Waals surface area contributed by atoms with Crippen LogP contribution in [0.3, 0.4) is 0 Å². The molecule has 1 amide bonds. The van der Waals surface area contributed by atoms with Gasteiger partial charge < -0.3 is 14.7 Å². The standard InChI is InChI=1S/C16H19BrFNO4/c17-12-3-1-11(14(18)9-12)2-4-15(20)19(10-16(21)22)13-5-7-23-8-6-13/h1,3,9,13H,2,4-8,10H2,(H,21,22). The number of carboxylic acids is 1. The van der Waals surface area contributed by atoms with Crippen LogP contribution in [0.15, 0.2) is 22.7 Å². The lowest BCUT2D eigenvalue weighted by Crippen LogP contribution is -2.46. The molecule has 0 saturated carbocycles. The number of aliphatic carboxylic acids is 1. The molecule has 0 radical (unpaired) electrons. The molecular formula is C16H19BrFNO4. The number of halogens is 2. The van der Waals surface area contributed by atoms with E-state index in [0.717, 1.165) is 0 Å². The van der Waals surface area contributed by atoms with Gasteiger partial charge in [-0.3, -0.25) is 9.59 Å². The molecule has 1 heterocycles. The molecule has 0 atom stereocenters. The Balaban J connectivity index is 2.00. The number of benzene rings is 1. The highest BCUT2D eigenvalue weighted by Crippen LogP contribution is 2.19. The van der Waals surface area contributed by atoms with Crippen molar-refractivity contribution in [2.75, 3.05) is 19.8 Å². The molecule has 23 heavy (non-hydrogen) atoms. The molecule has 0 aliphatic carbocycles. The largest absolute Gasteiger partial charge is 0.480 e. The normalized spacial score (nSPS) is 15.4. The first kappa shape index (κ1) is 17.9. The van der Waals surface area contributed by atoms with Crippen LogP contribution in [0.25, 0.3) is 0 Å². The maximum absolute atomic E-state index is 13.8. The molecular weight excluding hydrogens is 369 g/mol. The number of aryl methyl sites for hydroxylation is 1. The summed E-state index contributed by atoms with van der Waals surface area (Å²) < 4.78 is 19.7. The number of nitrogens with zero attached hydrogens (tertiary/aromatic N) is 1. The fourth-order valence-corrected chi connectivity index (χ4v) is 3.01. The van der Waals surface area contributed by atoms with Gasteiger partial charge in [0.05, 0.1) is 0 Å². The van der Waals surface area contributed by atoms with E-state index in [2.05, 4.69) is 15.9 Å². The van der Waals surface area contributed by atoms with Crippen LogP contribution in [0.2, 0.25) is 0 Å². The van der Waals surface area contributed by atoms with Gasteiger partial charge in [-0.15, -0.1) is 0 Å². The van der Waals surface area contributed by atoms with Gasteiger partial charge in [0.15, 0.2) is 0 Å². The fraction of sp³-hybridized carbons (Fsp3) is 0.500. The molecule has 1 aromatic carbocycles. The van der Waals surface area contributed by atoms with E-state index < -0.39 is 5.97 Å². The highest BCUT2D eigenvalue weighted by molar-refractivity contribution is 9.10. The molecule has 5 nitrogen and oxygen atoms in total. The smallest absolute Gasteiger partial charge is 0.323 e. The summed E-state index contributed by atoms with van der Waals surface area (Å²) in [5.41, 5.74) is 0.448. The van der Waals surface area contributed by atoms with Gasteiger partial charge in [-0.25, -0.2) is 4.39 Å². The Hall–Kier alpha value is -1.47. The molecule has 1 fully saturated rings. The number of amides is 1. The Morgan fingerprint density at radius 2 is 2.04 bits per heavy atom. The molecule has 7 heteroatoms. The summed E-state index contributed by atoms with van der Waals surface area (Å²) in [5, 5.41) is 9.03. The lowest BCUT2D eigenvalue weighted by Gasteiger charge is -2.33. The van der Waals surface area contributed by atoms with Crippen molar-refractivity contribution in [2.45, 2.75) is 31.7 Å². The minimum Gasteiger partial charge on any atom is -0.480 e. The Bertz CT molecular complexity index is 575. The number of hydrogen-bond donors (Lipinski definition) is 1. The SMILES string of the molecule is O=C(O)CN(C(=O)CCc1ccc(Br)cc1F)C1CCOCC1. The van der Waals surface area contributed by atoms with Crippen LogP contribution < -0.4 is 0 Å². The van der Waals surface area contributed by atoms with Crippen molar-refractivity contribution in [3.63, 3.8) is 0 Å². The summed E-state index contributed by atoms with van der Waals surface area (Å²) in [4.78, 5) is 24.8. The zero-order chi connectivity index (χ0) is 16.8. The average Bonchev–Trinajstić information content (AvgIpc) is 2.52. The third-order valence-electron chi connectivity index (χ3n) is 3.88. The van der Waals surface area contributed by atoms with E-state index in [9.17, 15) is 14.0 Å². The molecule has 1 saturated heterocycles. The lowest BCUT2D eigenvalue weighted by molar-refractivity contribution is -0.147. The molecule has 0 unspecified atom stereocenters. The van der Waals surface area contributed by atoms with Gasteiger partial charge >= 0.3 is 5.97 Å². The minimum atomic E-state index is -1.04. The molecule has 1 aliphatic rings. The molecule has 1 N–H and O–H groups in total. The number of carboxylic acid groups (broad SMARTS) is 1. The molecule has 2 rings (SSSR count). The van der Waals surface area contributed by atoms with Crippen LogP contribution in [0.5, 0.6) is 0 Å². The van der Waals surface area contributed by atoms with Gasteiger partial charge in [0.2, 0.25) is 5.91 Å². The van der Waals surface area contributed by atoms with Crippen molar-refractivity contribution in [1.82, 2.24) is 4.90 Å². The summed E-state index contributed by atoms with van der Waals surface area (Å²) in [6.07, 6.45) is 1.60. The molecule has 0 aromatic heterocycles. The molecule has 0 spiro atoms. The Morgan fingerprint density at radius 1 is 1.35 bits per heavy atom. The highest BCUT2D eigenvalue weighted by Gasteiger charge is 2.27. The van der Waals surface area contributed by atoms with Gasteiger partial charge in [0.25, 0.3) is 0 Å². The van der Waals surface area contributed by atoms with Crippen LogP contribution in [0, 0.1) is 5.82 Å². The minimum absolute atomic E-state index is 0.0865. The van der Waals surface area contributed by atoms with Crippen molar-refractivity contribution in [3.05, 3.63) is 34.1 Å². The van der Waals surface area contributed by atoms with Gasteiger partial charge in [0, 0.05) is 30.1 Å². The summed E-state index contributed by atoms with van der Waals surface area (Å²) in [6.45, 7) is 0.719. The van der Waals surface area contributed by atoms with Crippen molar-refractivity contribution in [1.29, 1.82) is 0 Å². The summed E-state index contributed by atoms with van der Waals surface area (Å²) in [7, 11) is 0. The molecule has 0 bridgehead atoms. The van der Waals surface area contributed by atoms with E-state index in [1.165, 1.54) is 11.0 Å². The number of hydrogen-bond acceptors (Lipinski definition) is 3. The maximum atomic E-state index is 13.8. The quantitative estimate of drug-likeness (QED) is 0.814. The van der Waals surface area contributed by atoms with Crippen molar-refractivity contribution in [2.24, 2.45) is 0 Å². The first-order valence-electron chi connectivity index (χ1n) is 7.50. The predicted octanol–water partition coefficient (Wildman–Crippen LogP) is 2.61. The second-order valence-electron chi connectivity index (χ2n) is 5.49. The summed E-state index contributed by atoms with van der Waals surface area (Å²) >= 11 is 3.19. The summed E-state index contributed by atoms with van der Waals surface area (Å²) in [6, 6.07) is 4.58. The Morgan fingerprint density at radius 3 is 2.65 bits per heavy atom. The van der Waals surface area contributed by atoms with Gasteiger partial charge in [-0.05, 0) is 37.0 Å². The molecule has 1 aliphatic heterocycles. The van der Waals surface area contributed by atoms with Gasteiger partial charge in [-0.1, -0.05) is 22.0 Å². The second-order valence-corrected chi connectivity index (χ2v) is 6.41. The first-order chi connectivity index (χ1) is 11.0.